The number of nitrogens with zero attached hydrogens (tertiary/aromatic N) is 1. The third kappa shape index (κ3) is 5.02. The van der Waals surface area contributed by atoms with Crippen molar-refractivity contribution in [2.75, 3.05) is 19.0 Å². The number of aliphatic hydroxyl groups is 1. The molecule has 0 radical (unpaired) electrons. The largest absolute Gasteiger partial charge is 0.378 e. The number of aliphatic hydroxyl groups excluding tert-OH is 1. The van der Waals surface area contributed by atoms with Crippen molar-refractivity contribution in [1.82, 2.24) is 0 Å². The molecule has 3 aromatic carbocycles. The Morgan fingerprint density at radius 2 is 1.43 bits per heavy atom. The molecule has 0 heterocycles. The van der Waals surface area contributed by atoms with Gasteiger partial charge in [0.25, 0.3) is 7.37 Å². The average molecular weight is 423 g/mol. The summed E-state index contributed by atoms with van der Waals surface area (Å²) < 4.78 is 20.1. The number of hydrogen-bond acceptors (Lipinski definition) is 4. The summed E-state index contributed by atoms with van der Waals surface area (Å²) in [6.45, 7) is 4.39. The fourth-order valence-corrected chi connectivity index (χ4v) is 5.28. The quantitative estimate of drug-likeness (QED) is 0.473. The summed E-state index contributed by atoms with van der Waals surface area (Å²) in [4.78, 5) is 1.97. The van der Waals surface area contributed by atoms with Gasteiger partial charge in [-0.05, 0) is 46.9 Å². The molecule has 0 bridgehead atoms. The first-order valence-corrected chi connectivity index (χ1v) is 11.8. The molecular weight excluding hydrogens is 393 g/mol. The first-order valence-electron chi connectivity index (χ1n) is 10.2. The van der Waals surface area contributed by atoms with Crippen LogP contribution in [0.25, 0.3) is 0 Å². The molecule has 0 aliphatic carbocycles. The molecule has 158 valence electrons. The molecule has 0 amide bonds. The molecule has 2 atom stereocenters. The van der Waals surface area contributed by atoms with Gasteiger partial charge in [0.2, 0.25) is 0 Å². The van der Waals surface area contributed by atoms with Crippen LogP contribution in [0, 0.1) is 0 Å². The molecule has 30 heavy (non-hydrogen) atoms. The summed E-state index contributed by atoms with van der Waals surface area (Å²) in [5.74, 6) is -0.858. The van der Waals surface area contributed by atoms with Crippen molar-refractivity contribution in [3.8, 4) is 0 Å². The highest BCUT2D eigenvalue weighted by molar-refractivity contribution is 7.67. The lowest BCUT2D eigenvalue weighted by Gasteiger charge is -2.25. The second kappa shape index (κ2) is 9.61. The Balaban J connectivity index is 1.96. The SMILES string of the molecule is CC(C)c1ccc([C@@H](O)[P@@](=O)(OCc2ccccc2)c2ccc(N(C)C)cc2)cc1. The molecule has 0 saturated carbocycles. The predicted molar refractivity (Wildman–Crippen MR) is 125 cm³/mol. The van der Waals surface area contributed by atoms with E-state index >= 15 is 0 Å². The molecule has 0 saturated heterocycles. The van der Waals surface area contributed by atoms with E-state index in [4.69, 9.17) is 4.52 Å². The third-order valence-corrected chi connectivity index (χ3v) is 7.69. The molecular formula is C25H30NO3P. The monoisotopic (exact) mass is 423 g/mol. The van der Waals surface area contributed by atoms with Gasteiger partial charge in [0.15, 0.2) is 5.85 Å². The number of hydrogen-bond donors (Lipinski definition) is 1. The minimum absolute atomic E-state index is 0.161. The molecule has 5 heteroatoms. The molecule has 0 aliphatic rings. The standard InChI is InChI=1S/C25H30NO3P/c1-19(2)21-10-12-22(13-11-21)25(27)30(28,29-18-20-8-6-5-7-9-20)24-16-14-23(15-17-24)26(3)4/h5-17,19,25,27H,18H2,1-4H3/t25-,30-/m0/s1. The molecule has 3 aromatic rings. The van der Waals surface area contributed by atoms with Gasteiger partial charge in [-0.15, -0.1) is 0 Å². The van der Waals surface area contributed by atoms with Crippen LogP contribution in [0.4, 0.5) is 5.69 Å². The Bertz CT molecular complexity index is 983. The molecule has 0 fully saturated rings. The van der Waals surface area contributed by atoms with E-state index in [0.717, 1.165) is 11.3 Å². The third-order valence-electron chi connectivity index (χ3n) is 5.22. The number of rotatable bonds is 8. The fraction of sp³-hybridized carbons (Fsp3) is 0.280. The normalized spacial score (nSPS) is 14.3. The zero-order valence-corrected chi connectivity index (χ0v) is 18.9. The van der Waals surface area contributed by atoms with E-state index in [0.29, 0.717) is 16.8 Å². The summed E-state index contributed by atoms with van der Waals surface area (Å²) in [5.41, 5.74) is 3.66. The van der Waals surface area contributed by atoms with Crippen molar-refractivity contribution in [2.45, 2.75) is 32.2 Å². The van der Waals surface area contributed by atoms with Gasteiger partial charge in [-0.25, -0.2) is 0 Å². The van der Waals surface area contributed by atoms with E-state index in [2.05, 4.69) is 13.8 Å². The Morgan fingerprint density at radius 3 is 1.97 bits per heavy atom. The van der Waals surface area contributed by atoms with Crippen molar-refractivity contribution < 1.29 is 14.2 Å². The summed E-state index contributed by atoms with van der Waals surface area (Å²) in [5, 5.41) is 11.7. The van der Waals surface area contributed by atoms with Crippen LogP contribution < -0.4 is 10.2 Å². The zero-order chi connectivity index (χ0) is 21.7. The van der Waals surface area contributed by atoms with Crippen LogP contribution in [0.3, 0.4) is 0 Å². The molecule has 3 rings (SSSR count). The van der Waals surface area contributed by atoms with Gasteiger partial charge in [-0.2, -0.15) is 0 Å². The Morgan fingerprint density at radius 1 is 0.867 bits per heavy atom. The van der Waals surface area contributed by atoms with Crippen LogP contribution in [-0.2, 0) is 15.7 Å². The van der Waals surface area contributed by atoms with Crippen LogP contribution in [0.1, 0.15) is 42.3 Å². The summed E-state index contributed by atoms with van der Waals surface area (Å²) in [7, 11) is 0.298. The van der Waals surface area contributed by atoms with Gasteiger partial charge in [-0.1, -0.05) is 68.4 Å². The molecule has 0 aromatic heterocycles. The maximum absolute atomic E-state index is 14.1. The van der Waals surface area contributed by atoms with Crippen molar-refractivity contribution in [2.24, 2.45) is 0 Å². The average Bonchev–Trinajstić information content (AvgIpc) is 2.77. The first kappa shape index (κ1) is 22.3. The lowest BCUT2D eigenvalue weighted by Crippen LogP contribution is -2.16. The van der Waals surface area contributed by atoms with Gasteiger partial charge in [-0.3, -0.25) is 4.57 Å². The number of benzene rings is 3. The minimum atomic E-state index is -3.60. The fourth-order valence-electron chi connectivity index (χ4n) is 3.24. The Labute approximate surface area is 179 Å². The molecule has 4 nitrogen and oxygen atoms in total. The van der Waals surface area contributed by atoms with E-state index in [9.17, 15) is 9.67 Å². The minimum Gasteiger partial charge on any atom is -0.378 e. The van der Waals surface area contributed by atoms with Gasteiger partial charge in [0.1, 0.15) is 0 Å². The summed E-state index contributed by atoms with van der Waals surface area (Å²) in [6.07, 6.45) is 0. The van der Waals surface area contributed by atoms with Crippen molar-refractivity contribution in [3.05, 3.63) is 95.6 Å². The molecule has 1 N–H and O–H groups in total. The van der Waals surface area contributed by atoms with E-state index in [1.807, 2.05) is 85.7 Å². The predicted octanol–water partition coefficient (Wildman–Crippen LogP) is 5.69. The van der Waals surface area contributed by atoms with Crippen molar-refractivity contribution >= 4 is 18.4 Å². The first-order chi connectivity index (χ1) is 14.3. The van der Waals surface area contributed by atoms with Gasteiger partial charge in [0, 0.05) is 25.1 Å². The summed E-state index contributed by atoms with van der Waals surface area (Å²) >= 11 is 0. The number of anilines is 1. The van der Waals surface area contributed by atoms with E-state index in [-0.39, 0.29) is 6.61 Å². The lowest BCUT2D eigenvalue weighted by atomic mass is 10.0. The highest BCUT2D eigenvalue weighted by Crippen LogP contribution is 2.58. The van der Waals surface area contributed by atoms with Crippen LogP contribution in [0.15, 0.2) is 78.9 Å². The van der Waals surface area contributed by atoms with Crippen molar-refractivity contribution in [1.29, 1.82) is 0 Å². The van der Waals surface area contributed by atoms with E-state index in [1.54, 1.807) is 12.1 Å². The summed E-state index contributed by atoms with van der Waals surface area (Å²) in [6, 6.07) is 24.6. The van der Waals surface area contributed by atoms with Crippen LogP contribution >= 0.6 is 7.37 Å². The van der Waals surface area contributed by atoms with Gasteiger partial charge >= 0.3 is 0 Å². The molecule has 0 unspecified atom stereocenters. The second-order valence-corrected chi connectivity index (χ2v) is 10.4. The van der Waals surface area contributed by atoms with Crippen LogP contribution in [0.5, 0.6) is 0 Å². The second-order valence-electron chi connectivity index (χ2n) is 7.96. The highest BCUT2D eigenvalue weighted by Gasteiger charge is 2.36. The smallest absolute Gasteiger partial charge is 0.264 e. The Hall–Kier alpha value is -2.39. The van der Waals surface area contributed by atoms with E-state index in [1.165, 1.54) is 5.56 Å². The maximum Gasteiger partial charge on any atom is 0.264 e. The highest BCUT2D eigenvalue weighted by atomic mass is 31.2. The van der Waals surface area contributed by atoms with Crippen LogP contribution in [-0.4, -0.2) is 19.2 Å². The van der Waals surface area contributed by atoms with E-state index < -0.39 is 13.2 Å². The molecule has 0 aliphatic heterocycles. The van der Waals surface area contributed by atoms with Gasteiger partial charge in [0.05, 0.1) is 6.61 Å². The van der Waals surface area contributed by atoms with Crippen LogP contribution in [0.2, 0.25) is 0 Å². The topological polar surface area (TPSA) is 49.8 Å². The van der Waals surface area contributed by atoms with Crippen molar-refractivity contribution in [3.63, 3.8) is 0 Å². The molecule has 0 spiro atoms. The lowest BCUT2D eigenvalue weighted by molar-refractivity contribution is 0.210. The Kier molecular flexibility index (Phi) is 7.14. The zero-order valence-electron chi connectivity index (χ0n) is 18.0. The maximum atomic E-state index is 14.1. The van der Waals surface area contributed by atoms with Gasteiger partial charge < -0.3 is 14.5 Å².